The Morgan fingerprint density at radius 3 is 2.38 bits per heavy atom. The molecule has 0 spiro atoms. The van der Waals surface area contributed by atoms with Gasteiger partial charge in [0.2, 0.25) is 0 Å². The molecule has 1 atom stereocenters. The van der Waals surface area contributed by atoms with Crippen molar-refractivity contribution in [2.75, 3.05) is 5.32 Å². The fourth-order valence-electron chi connectivity index (χ4n) is 0.976. The Balaban J connectivity index is 2.89. The van der Waals surface area contributed by atoms with Crippen molar-refractivity contribution in [1.82, 2.24) is 0 Å². The second-order valence-electron chi connectivity index (χ2n) is 3.46. The van der Waals surface area contributed by atoms with Gasteiger partial charge in [-0.05, 0) is 25.1 Å². The molecule has 0 saturated carbocycles. The first-order chi connectivity index (χ1) is 7.35. The van der Waals surface area contributed by atoms with Crippen LogP contribution in [0, 0.1) is 0 Å². The van der Waals surface area contributed by atoms with Gasteiger partial charge in [-0.25, -0.2) is 0 Å². The minimum absolute atomic E-state index is 0.404. The van der Waals surface area contributed by atoms with Crippen LogP contribution in [0.15, 0.2) is 30.9 Å². The van der Waals surface area contributed by atoms with Crippen molar-refractivity contribution in [3.8, 4) is 0 Å². The number of benzene rings is 1. The van der Waals surface area contributed by atoms with Crippen LogP contribution in [0.3, 0.4) is 0 Å². The fourth-order valence-corrected chi connectivity index (χ4v) is 1.50. The summed E-state index contributed by atoms with van der Waals surface area (Å²) in [5, 5.41) is 12.9. The highest BCUT2D eigenvalue weighted by Crippen LogP contribution is 2.23. The van der Waals surface area contributed by atoms with Crippen molar-refractivity contribution < 1.29 is 9.90 Å². The third kappa shape index (κ3) is 3.23. The number of nitrogens with one attached hydrogen (secondary N) is 1. The fraction of sp³-hybridized carbons (Fsp3) is 0.182. The molecule has 5 heteroatoms. The average molecular weight is 260 g/mol. The summed E-state index contributed by atoms with van der Waals surface area (Å²) in [6, 6.07) is 4.61. The van der Waals surface area contributed by atoms with Gasteiger partial charge >= 0.3 is 0 Å². The average Bonchev–Trinajstić information content (AvgIpc) is 2.15. The lowest BCUT2D eigenvalue weighted by Gasteiger charge is -2.17. The number of carbonyl (C=O) groups excluding carboxylic acids is 1. The van der Waals surface area contributed by atoms with Gasteiger partial charge in [-0.2, -0.15) is 0 Å². The molecular weight excluding hydrogens is 249 g/mol. The van der Waals surface area contributed by atoms with Crippen LogP contribution in [0.1, 0.15) is 6.92 Å². The zero-order valence-corrected chi connectivity index (χ0v) is 10.1. The number of hydrogen-bond acceptors (Lipinski definition) is 2. The molecule has 0 aromatic heterocycles. The van der Waals surface area contributed by atoms with Gasteiger partial charge in [0.15, 0.2) is 5.60 Å². The van der Waals surface area contributed by atoms with Crippen molar-refractivity contribution >= 4 is 34.8 Å². The van der Waals surface area contributed by atoms with Gasteiger partial charge < -0.3 is 10.4 Å². The van der Waals surface area contributed by atoms with Gasteiger partial charge in [0.1, 0.15) is 0 Å². The van der Waals surface area contributed by atoms with Crippen LogP contribution in [-0.4, -0.2) is 16.6 Å². The lowest BCUT2D eigenvalue weighted by molar-refractivity contribution is -0.128. The Kier molecular flexibility index (Phi) is 3.97. The van der Waals surface area contributed by atoms with Crippen LogP contribution in [0.5, 0.6) is 0 Å². The minimum Gasteiger partial charge on any atom is -0.376 e. The second kappa shape index (κ2) is 4.87. The lowest BCUT2D eigenvalue weighted by Crippen LogP contribution is -2.37. The molecule has 0 aliphatic rings. The van der Waals surface area contributed by atoms with E-state index in [0.29, 0.717) is 15.7 Å². The van der Waals surface area contributed by atoms with Crippen molar-refractivity contribution in [2.45, 2.75) is 12.5 Å². The third-order valence-corrected chi connectivity index (χ3v) is 2.41. The number of amides is 1. The topological polar surface area (TPSA) is 49.3 Å². The molecule has 3 nitrogen and oxygen atoms in total. The Hall–Kier alpha value is -1.03. The van der Waals surface area contributed by atoms with Crippen molar-refractivity contribution in [2.24, 2.45) is 0 Å². The molecule has 1 aromatic carbocycles. The predicted octanol–water partition coefficient (Wildman–Crippen LogP) is 2.87. The molecule has 1 amide bonds. The number of halogens is 2. The maximum atomic E-state index is 11.6. The zero-order chi connectivity index (χ0) is 12.3. The van der Waals surface area contributed by atoms with E-state index >= 15 is 0 Å². The molecule has 0 heterocycles. The van der Waals surface area contributed by atoms with Crippen molar-refractivity contribution in [3.63, 3.8) is 0 Å². The molecule has 0 aliphatic carbocycles. The number of hydrogen-bond donors (Lipinski definition) is 2. The van der Waals surface area contributed by atoms with E-state index < -0.39 is 11.5 Å². The first-order valence-electron chi connectivity index (χ1n) is 4.48. The smallest absolute Gasteiger partial charge is 0.260 e. The monoisotopic (exact) mass is 259 g/mol. The van der Waals surface area contributed by atoms with Crippen LogP contribution in [-0.2, 0) is 4.79 Å². The van der Waals surface area contributed by atoms with Crippen LogP contribution in [0.2, 0.25) is 10.0 Å². The summed E-state index contributed by atoms with van der Waals surface area (Å²) >= 11 is 11.5. The van der Waals surface area contributed by atoms with Gasteiger partial charge in [0.25, 0.3) is 5.91 Å². The van der Waals surface area contributed by atoms with Gasteiger partial charge in [0, 0.05) is 15.7 Å². The quantitative estimate of drug-likeness (QED) is 0.821. The van der Waals surface area contributed by atoms with Crippen LogP contribution in [0.25, 0.3) is 0 Å². The van der Waals surface area contributed by atoms with E-state index in [0.717, 1.165) is 6.08 Å². The zero-order valence-electron chi connectivity index (χ0n) is 8.63. The van der Waals surface area contributed by atoms with Crippen LogP contribution >= 0.6 is 23.2 Å². The highest BCUT2D eigenvalue weighted by molar-refractivity contribution is 6.35. The van der Waals surface area contributed by atoms with E-state index in [-0.39, 0.29) is 0 Å². The molecule has 0 aliphatic heterocycles. The summed E-state index contributed by atoms with van der Waals surface area (Å²) in [5.41, 5.74) is -1.21. The predicted molar refractivity (Wildman–Crippen MR) is 65.9 cm³/mol. The highest BCUT2D eigenvalue weighted by Gasteiger charge is 2.26. The second-order valence-corrected chi connectivity index (χ2v) is 4.34. The molecule has 0 bridgehead atoms. The van der Waals surface area contributed by atoms with Crippen LogP contribution in [0.4, 0.5) is 5.69 Å². The van der Waals surface area contributed by atoms with Gasteiger partial charge in [-0.1, -0.05) is 35.9 Å². The van der Waals surface area contributed by atoms with E-state index in [9.17, 15) is 9.90 Å². The van der Waals surface area contributed by atoms with E-state index in [1.807, 2.05) is 0 Å². The summed E-state index contributed by atoms with van der Waals surface area (Å²) in [4.78, 5) is 11.6. The SMILES string of the molecule is C=C[C@@](C)(O)C(=O)Nc1cc(Cl)cc(Cl)c1. The maximum absolute atomic E-state index is 11.6. The third-order valence-electron chi connectivity index (χ3n) is 1.98. The molecule has 0 fully saturated rings. The Morgan fingerprint density at radius 2 is 1.94 bits per heavy atom. The molecular formula is C11H11Cl2NO2. The molecule has 1 rings (SSSR count). The van der Waals surface area contributed by atoms with E-state index in [2.05, 4.69) is 11.9 Å². The molecule has 0 unspecified atom stereocenters. The molecule has 2 N–H and O–H groups in total. The maximum Gasteiger partial charge on any atom is 0.260 e. The molecule has 16 heavy (non-hydrogen) atoms. The summed E-state index contributed by atoms with van der Waals surface area (Å²) in [6.07, 6.45) is 1.15. The Bertz CT molecular complexity index is 410. The minimum atomic E-state index is -1.63. The number of aliphatic hydroxyl groups is 1. The normalized spacial score (nSPS) is 14.0. The van der Waals surface area contributed by atoms with Gasteiger partial charge in [-0.15, -0.1) is 0 Å². The molecule has 0 saturated heterocycles. The van der Waals surface area contributed by atoms with Crippen molar-refractivity contribution in [1.29, 1.82) is 0 Å². The summed E-state index contributed by atoms with van der Waals surface area (Å²) in [5.74, 6) is -0.596. The number of rotatable bonds is 3. The Labute approximate surface area is 104 Å². The summed E-state index contributed by atoms with van der Waals surface area (Å²) in [7, 11) is 0. The van der Waals surface area contributed by atoms with E-state index in [1.54, 1.807) is 6.07 Å². The van der Waals surface area contributed by atoms with E-state index in [4.69, 9.17) is 23.2 Å². The number of anilines is 1. The largest absolute Gasteiger partial charge is 0.376 e. The summed E-state index contributed by atoms with van der Waals surface area (Å²) < 4.78 is 0. The first-order valence-corrected chi connectivity index (χ1v) is 5.24. The summed E-state index contributed by atoms with van der Waals surface area (Å²) in [6.45, 7) is 4.70. The Morgan fingerprint density at radius 1 is 1.44 bits per heavy atom. The standard InChI is InChI=1S/C11H11Cl2NO2/c1-3-11(2,16)10(15)14-9-5-7(12)4-8(13)6-9/h3-6,16H,1H2,2H3,(H,14,15)/t11-/m1/s1. The lowest BCUT2D eigenvalue weighted by atomic mass is 10.1. The molecule has 1 aromatic rings. The van der Waals surface area contributed by atoms with Crippen molar-refractivity contribution in [3.05, 3.63) is 40.9 Å². The van der Waals surface area contributed by atoms with Crippen LogP contribution < -0.4 is 5.32 Å². The highest BCUT2D eigenvalue weighted by atomic mass is 35.5. The van der Waals surface area contributed by atoms with Gasteiger partial charge in [0.05, 0.1) is 0 Å². The first kappa shape index (κ1) is 13.0. The van der Waals surface area contributed by atoms with Gasteiger partial charge in [-0.3, -0.25) is 4.79 Å². The van der Waals surface area contributed by atoms with E-state index in [1.165, 1.54) is 19.1 Å². The number of carbonyl (C=O) groups is 1. The molecule has 0 radical (unpaired) electrons. The molecule has 86 valence electrons.